The third kappa shape index (κ3) is 5.93. The molecule has 1 aliphatic carbocycles. The van der Waals surface area contributed by atoms with E-state index in [0.717, 1.165) is 44.5 Å². The van der Waals surface area contributed by atoms with E-state index in [2.05, 4.69) is 15.5 Å². The number of amides is 2. The molecule has 2 aliphatic rings. The fourth-order valence-corrected chi connectivity index (χ4v) is 5.05. The molecule has 3 N–H and O–H groups in total. The minimum atomic E-state index is -0.926. The smallest absolute Gasteiger partial charge is 0.307 e. The first-order chi connectivity index (χ1) is 17.0. The van der Waals surface area contributed by atoms with Gasteiger partial charge in [0, 0.05) is 30.2 Å². The highest BCUT2D eigenvalue weighted by Gasteiger charge is 2.35. The minimum absolute atomic E-state index is 0.270. The fourth-order valence-electron chi connectivity index (χ4n) is 5.05. The molecular formula is C27H33N3O5. The van der Waals surface area contributed by atoms with Crippen LogP contribution in [0.1, 0.15) is 55.3 Å². The van der Waals surface area contributed by atoms with Gasteiger partial charge >= 0.3 is 5.97 Å². The Morgan fingerprint density at radius 1 is 0.857 bits per heavy atom. The van der Waals surface area contributed by atoms with E-state index in [1.54, 1.807) is 43.5 Å². The number of carboxylic acids is 1. The van der Waals surface area contributed by atoms with Gasteiger partial charge in [0.05, 0.1) is 24.5 Å². The van der Waals surface area contributed by atoms with Gasteiger partial charge in [-0.15, -0.1) is 0 Å². The lowest BCUT2D eigenvalue weighted by Crippen LogP contribution is -2.36. The number of piperidine rings is 1. The Balaban J connectivity index is 1.58. The van der Waals surface area contributed by atoms with Crippen LogP contribution < -0.4 is 20.3 Å². The number of carbonyl (C=O) groups is 3. The van der Waals surface area contributed by atoms with Crippen molar-refractivity contribution in [3.63, 3.8) is 0 Å². The van der Waals surface area contributed by atoms with Crippen LogP contribution in [-0.2, 0) is 9.59 Å². The van der Waals surface area contributed by atoms with Gasteiger partial charge in [-0.05, 0) is 74.6 Å². The van der Waals surface area contributed by atoms with Crippen molar-refractivity contribution in [3.8, 4) is 5.75 Å². The molecule has 2 aromatic carbocycles. The van der Waals surface area contributed by atoms with Crippen molar-refractivity contribution in [1.82, 2.24) is 0 Å². The number of anilines is 3. The molecule has 0 radical (unpaired) electrons. The van der Waals surface area contributed by atoms with Gasteiger partial charge in [-0.1, -0.05) is 12.8 Å². The number of aliphatic carboxylic acids is 1. The molecule has 4 rings (SSSR count). The number of carbonyl (C=O) groups excluding carboxylic acids is 2. The third-order valence-electron chi connectivity index (χ3n) is 6.97. The molecule has 1 heterocycles. The van der Waals surface area contributed by atoms with Crippen molar-refractivity contribution in [2.75, 3.05) is 35.7 Å². The number of benzene rings is 2. The number of methoxy groups -OCH3 is 1. The number of hydrogen-bond acceptors (Lipinski definition) is 5. The van der Waals surface area contributed by atoms with Gasteiger partial charge in [0.2, 0.25) is 5.91 Å². The molecule has 8 nitrogen and oxygen atoms in total. The summed E-state index contributed by atoms with van der Waals surface area (Å²) in [5.74, 6) is -2.04. The molecule has 0 unspecified atom stereocenters. The number of carboxylic acid groups (broad SMARTS) is 1. The monoisotopic (exact) mass is 479 g/mol. The van der Waals surface area contributed by atoms with E-state index in [-0.39, 0.29) is 11.8 Å². The van der Waals surface area contributed by atoms with E-state index in [9.17, 15) is 19.5 Å². The van der Waals surface area contributed by atoms with E-state index >= 15 is 0 Å². The Morgan fingerprint density at radius 2 is 1.51 bits per heavy atom. The zero-order valence-electron chi connectivity index (χ0n) is 20.1. The molecule has 35 heavy (non-hydrogen) atoms. The largest absolute Gasteiger partial charge is 0.497 e. The minimum Gasteiger partial charge on any atom is -0.497 e. The molecule has 2 atom stereocenters. The second kappa shape index (κ2) is 11.3. The van der Waals surface area contributed by atoms with Crippen molar-refractivity contribution in [2.24, 2.45) is 11.8 Å². The van der Waals surface area contributed by atoms with Crippen molar-refractivity contribution in [2.45, 2.75) is 44.9 Å². The van der Waals surface area contributed by atoms with E-state index in [1.165, 1.54) is 6.42 Å². The summed E-state index contributed by atoms with van der Waals surface area (Å²) in [6.45, 7) is 1.74. The molecule has 1 saturated heterocycles. The van der Waals surface area contributed by atoms with E-state index in [1.807, 2.05) is 6.07 Å². The van der Waals surface area contributed by atoms with Gasteiger partial charge < -0.3 is 25.4 Å². The highest BCUT2D eigenvalue weighted by atomic mass is 16.5. The molecule has 0 aromatic heterocycles. The lowest BCUT2D eigenvalue weighted by atomic mass is 9.78. The Morgan fingerprint density at radius 3 is 2.17 bits per heavy atom. The summed E-state index contributed by atoms with van der Waals surface area (Å²) in [5.41, 5.74) is 2.43. The van der Waals surface area contributed by atoms with Crippen LogP contribution in [0.4, 0.5) is 17.1 Å². The summed E-state index contributed by atoms with van der Waals surface area (Å²) in [6.07, 6.45) is 6.03. The maximum atomic E-state index is 13.4. The summed E-state index contributed by atoms with van der Waals surface area (Å²) in [4.78, 5) is 40.2. The molecule has 1 saturated carbocycles. The average molecular weight is 480 g/mol. The molecule has 2 fully saturated rings. The summed E-state index contributed by atoms with van der Waals surface area (Å²) < 4.78 is 5.19. The van der Waals surface area contributed by atoms with Crippen LogP contribution in [0.15, 0.2) is 42.5 Å². The molecule has 186 valence electrons. The number of rotatable bonds is 7. The van der Waals surface area contributed by atoms with Gasteiger partial charge in [-0.3, -0.25) is 14.4 Å². The van der Waals surface area contributed by atoms with Crippen LogP contribution in [0.5, 0.6) is 5.75 Å². The molecule has 0 spiro atoms. The first-order valence-corrected chi connectivity index (χ1v) is 12.3. The number of nitrogens with one attached hydrogen (secondary N) is 2. The number of nitrogens with zero attached hydrogens (tertiary/aromatic N) is 1. The van der Waals surface area contributed by atoms with Crippen LogP contribution >= 0.6 is 0 Å². The molecular weight excluding hydrogens is 446 g/mol. The summed E-state index contributed by atoms with van der Waals surface area (Å²) in [7, 11) is 1.59. The molecule has 8 heteroatoms. The lowest BCUT2D eigenvalue weighted by Gasteiger charge is -2.31. The Hall–Kier alpha value is -3.55. The fraction of sp³-hybridized carbons (Fsp3) is 0.444. The Labute approximate surface area is 205 Å². The quantitative estimate of drug-likeness (QED) is 0.528. The van der Waals surface area contributed by atoms with Gasteiger partial charge in [-0.25, -0.2) is 0 Å². The first kappa shape index (κ1) is 24.6. The van der Waals surface area contributed by atoms with Crippen LogP contribution in [0, 0.1) is 11.8 Å². The SMILES string of the molecule is COc1ccc(NC(=O)c2cc(NC(=O)[C@H]3CCCC[C@@H]3C(=O)O)ccc2N2CCCCC2)cc1. The molecule has 0 bridgehead atoms. The standard InChI is InChI=1S/C27H33N3O5/c1-35-20-12-9-18(10-13-20)28-26(32)23-17-19(11-14-24(23)30-15-5-2-6-16-30)29-25(31)21-7-3-4-8-22(21)27(33)34/h9-14,17,21-22H,2-8,15-16H2,1H3,(H,28,32)(H,29,31)(H,33,34)/t21-,22-/m0/s1. The molecule has 1 aliphatic heterocycles. The predicted molar refractivity (Wildman–Crippen MR) is 135 cm³/mol. The molecule has 2 aromatic rings. The summed E-state index contributed by atoms with van der Waals surface area (Å²) >= 11 is 0. The van der Waals surface area contributed by atoms with Crippen LogP contribution in [0.3, 0.4) is 0 Å². The van der Waals surface area contributed by atoms with Crippen molar-refractivity contribution in [1.29, 1.82) is 0 Å². The van der Waals surface area contributed by atoms with Gasteiger partial charge in [0.1, 0.15) is 5.75 Å². The van der Waals surface area contributed by atoms with Crippen molar-refractivity contribution in [3.05, 3.63) is 48.0 Å². The Kier molecular flexibility index (Phi) is 7.90. The van der Waals surface area contributed by atoms with Crippen LogP contribution in [-0.4, -0.2) is 43.1 Å². The zero-order valence-corrected chi connectivity index (χ0v) is 20.1. The van der Waals surface area contributed by atoms with E-state index in [4.69, 9.17) is 4.74 Å². The van der Waals surface area contributed by atoms with Crippen LogP contribution in [0.25, 0.3) is 0 Å². The van der Waals surface area contributed by atoms with Crippen LogP contribution in [0.2, 0.25) is 0 Å². The summed E-state index contributed by atoms with van der Waals surface area (Å²) in [6, 6.07) is 12.5. The second-order valence-corrected chi connectivity index (χ2v) is 9.29. The lowest BCUT2D eigenvalue weighted by molar-refractivity contribution is -0.147. The zero-order chi connectivity index (χ0) is 24.8. The van der Waals surface area contributed by atoms with Gasteiger partial charge in [-0.2, -0.15) is 0 Å². The average Bonchev–Trinajstić information content (AvgIpc) is 2.89. The maximum absolute atomic E-state index is 13.4. The first-order valence-electron chi connectivity index (χ1n) is 12.3. The second-order valence-electron chi connectivity index (χ2n) is 9.29. The normalized spacial score (nSPS) is 20.1. The Bertz CT molecular complexity index is 1060. The van der Waals surface area contributed by atoms with E-state index < -0.39 is 17.8 Å². The summed E-state index contributed by atoms with van der Waals surface area (Å²) in [5, 5.41) is 15.4. The van der Waals surface area contributed by atoms with Crippen molar-refractivity contribution < 1.29 is 24.2 Å². The van der Waals surface area contributed by atoms with Gasteiger partial charge in [0.25, 0.3) is 5.91 Å². The van der Waals surface area contributed by atoms with E-state index in [0.29, 0.717) is 35.5 Å². The topological polar surface area (TPSA) is 108 Å². The number of ether oxygens (including phenoxy) is 1. The maximum Gasteiger partial charge on any atom is 0.307 e. The van der Waals surface area contributed by atoms with Crippen molar-refractivity contribution >= 4 is 34.8 Å². The highest BCUT2D eigenvalue weighted by molar-refractivity contribution is 6.09. The van der Waals surface area contributed by atoms with Gasteiger partial charge in [0.15, 0.2) is 0 Å². The number of hydrogen-bond donors (Lipinski definition) is 3. The highest BCUT2D eigenvalue weighted by Crippen LogP contribution is 2.33. The predicted octanol–water partition coefficient (Wildman–Crippen LogP) is 4.77. The molecule has 2 amide bonds. The third-order valence-corrected chi connectivity index (χ3v) is 6.97.